The average Bonchev–Trinajstić information content (AvgIpc) is 3.38. The first-order valence-electron chi connectivity index (χ1n) is 9.05. The second kappa shape index (κ2) is 8.74. The zero-order chi connectivity index (χ0) is 20.1. The lowest BCUT2D eigenvalue weighted by Crippen LogP contribution is -2.15. The van der Waals surface area contributed by atoms with Crippen LogP contribution in [0.1, 0.15) is 11.3 Å². The van der Waals surface area contributed by atoms with E-state index in [1.807, 2.05) is 66.1 Å². The monoisotopic (exact) mass is 405 g/mol. The van der Waals surface area contributed by atoms with Gasteiger partial charge in [0.15, 0.2) is 11.0 Å². The number of carbonyl (C=O) groups is 1. The van der Waals surface area contributed by atoms with Crippen LogP contribution in [-0.4, -0.2) is 31.4 Å². The molecule has 4 rings (SSSR count). The van der Waals surface area contributed by atoms with Crippen LogP contribution < -0.4 is 5.32 Å². The number of furan rings is 1. The van der Waals surface area contributed by atoms with Crippen molar-refractivity contribution in [1.82, 2.24) is 19.7 Å². The summed E-state index contributed by atoms with van der Waals surface area (Å²) in [6.45, 7) is 2.44. The largest absolute Gasteiger partial charge is 0.467 e. The van der Waals surface area contributed by atoms with Gasteiger partial charge in [-0.1, -0.05) is 30.0 Å². The molecule has 0 aliphatic rings. The van der Waals surface area contributed by atoms with E-state index in [9.17, 15) is 4.79 Å². The summed E-state index contributed by atoms with van der Waals surface area (Å²) in [5.41, 5.74) is 2.58. The summed E-state index contributed by atoms with van der Waals surface area (Å²) in [4.78, 5) is 16.8. The molecule has 0 fully saturated rings. The normalized spacial score (nSPS) is 10.8. The smallest absolute Gasteiger partial charge is 0.234 e. The minimum Gasteiger partial charge on any atom is -0.467 e. The van der Waals surface area contributed by atoms with E-state index in [4.69, 9.17) is 4.42 Å². The Morgan fingerprint density at radius 3 is 2.83 bits per heavy atom. The highest BCUT2D eigenvalue weighted by Gasteiger charge is 2.17. The van der Waals surface area contributed by atoms with Crippen molar-refractivity contribution in [3.63, 3.8) is 0 Å². The zero-order valence-corrected chi connectivity index (χ0v) is 16.6. The number of amides is 1. The Bertz CT molecular complexity index is 1090. The van der Waals surface area contributed by atoms with Gasteiger partial charge in [0.2, 0.25) is 5.91 Å². The second-order valence-corrected chi connectivity index (χ2v) is 7.34. The van der Waals surface area contributed by atoms with Gasteiger partial charge in [-0.15, -0.1) is 10.2 Å². The van der Waals surface area contributed by atoms with Crippen molar-refractivity contribution in [3.8, 4) is 11.5 Å². The SMILES string of the molecule is Cc1cccc(NC(=O)CSc2nnc(-c3ccccn3)n2Cc2ccco2)c1. The van der Waals surface area contributed by atoms with E-state index in [1.165, 1.54) is 11.8 Å². The van der Waals surface area contributed by atoms with E-state index < -0.39 is 0 Å². The number of rotatable bonds is 7. The number of carbonyl (C=O) groups excluding carboxylic acids is 1. The number of aryl methyl sites for hydroxylation is 1. The van der Waals surface area contributed by atoms with Gasteiger partial charge in [-0.05, 0) is 48.9 Å². The molecule has 0 saturated heterocycles. The molecule has 0 bridgehead atoms. The summed E-state index contributed by atoms with van der Waals surface area (Å²) in [6.07, 6.45) is 3.34. The molecule has 0 atom stereocenters. The fraction of sp³-hybridized carbons (Fsp3) is 0.143. The Hall–Kier alpha value is -3.39. The Balaban J connectivity index is 1.52. The number of nitrogens with zero attached hydrogens (tertiary/aromatic N) is 4. The van der Waals surface area contributed by atoms with E-state index in [0.717, 1.165) is 17.0 Å². The van der Waals surface area contributed by atoms with E-state index in [1.54, 1.807) is 12.5 Å². The van der Waals surface area contributed by atoms with Crippen molar-refractivity contribution in [1.29, 1.82) is 0 Å². The van der Waals surface area contributed by atoms with Crippen LogP contribution in [0.3, 0.4) is 0 Å². The van der Waals surface area contributed by atoms with Crippen LogP contribution in [0.5, 0.6) is 0 Å². The molecule has 1 aromatic carbocycles. The van der Waals surface area contributed by atoms with Crippen molar-refractivity contribution in [2.75, 3.05) is 11.1 Å². The minimum atomic E-state index is -0.104. The van der Waals surface area contributed by atoms with Gasteiger partial charge in [0.25, 0.3) is 0 Å². The third-order valence-electron chi connectivity index (χ3n) is 4.14. The molecule has 0 spiro atoms. The molecule has 0 aliphatic carbocycles. The molecule has 4 aromatic rings. The number of pyridine rings is 1. The highest BCUT2D eigenvalue weighted by atomic mass is 32.2. The van der Waals surface area contributed by atoms with Crippen molar-refractivity contribution in [2.45, 2.75) is 18.6 Å². The molecule has 0 unspecified atom stereocenters. The molecule has 0 radical (unpaired) electrons. The van der Waals surface area contributed by atoms with E-state index in [2.05, 4.69) is 20.5 Å². The maximum absolute atomic E-state index is 12.4. The lowest BCUT2D eigenvalue weighted by atomic mass is 10.2. The van der Waals surface area contributed by atoms with Crippen LogP contribution in [0, 0.1) is 6.92 Å². The number of aromatic nitrogens is 4. The van der Waals surface area contributed by atoms with Crippen LogP contribution in [0.15, 0.2) is 76.6 Å². The van der Waals surface area contributed by atoms with Crippen molar-refractivity contribution >= 4 is 23.4 Å². The van der Waals surface area contributed by atoms with Crippen molar-refractivity contribution in [2.24, 2.45) is 0 Å². The van der Waals surface area contributed by atoms with E-state index in [0.29, 0.717) is 23.2 Å². The molecule has 146 valence electrons. The summed E-state index contributed by atoms with van der Waals surface area (Å²) in [6, 6.07) is 17.1. The first-order chi connectivity index (χ1) is 14.2. The second-order valence-electron chi connectivity index (χ2n) is 6.39. The van der Waals surface area contributed by atoms with Gasteiger partial charge in [-0.25, -0.2) is 0 Å². The summed E-state index contributed by atoms with van der Waals surface area (Å²) in [5, 5.41) is 12.1. The Morgan fingerprint density at radius 2 is 2.07 bits per heavy atom. The molecule has 0 aliphatic heterocycles. The predicted octanol–water partition coefficient (Wildman–Crippen LogP) is 4.02. The summed E-state index contributed by atoms with van der Waals surface area (Å²) in [5.74, 6) is 1.51. The first kappa shape index (κ1) is 18.9. The van der Waals surface area contributed by atoms with E-state index in [-0.39, 0.29) is 11.7 Å². The molecular weight excluding hydrogens is 386 g/mol. The van der Waals surface area contributed by atoms with Gasteiger partial charge in [0.1, 0.15) is 11.5 Å². The zero-order valence-electron chi connectivity index (χ0n) is 15.8. The summed E-state index contributed by atoms with van der Waals surface area (Å²) < 4.78 is 7.39. The van der Waals surface area contributed by atoms with Crippen molar-refractivity contribution < 1.29 is 9.21 Å². The standard InChI is InChI=1S/C21H19N5O2S/c1-15-6-4-7-16(12-15)23-19(27)14-29-21-25-24-20(18-9-2-3-10-22-18)26(21)13-17-8-5-11-28-17/h2-12H,13-14H2,1H3,(H,23,27). The Morgan fingerprint density at radius 1 is 1.14 bits per heavy atom. The van der Waals surface area contributed by atoms with Gasteiger partial charge in [-0.3, -0.25) is 14.3 Å². The fourth-order valence-electron chi connectivity index (χ4n) is 2.83. The van der Waals surface area contributed by atoms with E-state index >= 15 is 0 Å². The Kier molecular flexibility index (Phi) is 5.71. The topological polar surface area (TPSA) is 85.8 Å². The third kappa shape index (κ3) is 4.72. The minimum absolute atomic E-state index is 0.104. The molecule has 3 aromatic heterocycles. The number of nitrogens with one attached hydrogen (secondary N) is 1. The number of thioether (sulfide) groups is 1. The van der Waals surface area contributed by atoms with Gasteiger partial charge in [0.05, 0.1) is 18.6 Å². The number of benzene rings is 1. The predicted molar refractivity (Wildman–Crippen MR) is 112 cm³/mol. The lowest BCUT2D eigenvalue weighted by molar-refractivity contribution is -0.113. The molecular formula is C21H19N5O2S. The van der Waals surface area contributed by atoms with Crippen LogP contribution >= 0.6 is 11.8 Å². The summed E-state index contributed by atoms with van der Waals surface area (Å²) in [7, 11) is 0. The first-order valence-corrected chi connectivity index (χ1v) is 10.0. The fourth-order valence-corrected chi connectivity index (χ4v) is 3.57. The lowest BCUT2D eigenvalue weighted by Gasteiger charge is -2.09. The molecule has 7 nitrogen and oxygen atoms in total. The highest BCUT2D eigenvalue weighted by molar-refractivity contribution is 7.99. The Labute approximate surface area is 172 Å². The summed E-state index contributed by atoms with van der Waals surface area (Å²) >= 11 is 1.32. The average molecular weight is 405 g/mol. The van der Waals surface area contributed by atoms with Crippen LogP contribution in [0.2, 0.25) is 0 Å². The van der Waals surface area contributed by atoms with Crippen LogP contribution in [-0.2, 0) is 11.3 Å². The quantitative estimate of drug-likeness (QED) is 0.468. The maximum atomic E-state index is 12.4. The van der Waals surface area contributed by atoms with Crippen LogP contribution in [0.4, 0.5) is 5.69 Å². The van der Waals surface area contributed by atoms with Crippen LogP contribution in [0.25, 0.3) is 11.5 Å². The molecule has 1 N–H and O–H groups in total. The molecule has 3 heterocycles. The number of hydrogen-bond acceptors (Lipinski definition) is 6. The molecule has 8 heteroatoms. The van der Waals surface area contributed by atoms with Crippen molar-refractivity contribution in [3.05, 3.63) is 78.4 Å². The van der Waals surface area contributed by atoms with Gasteiger partial charge >= 0.3 is 0 Å². The maximum Gasteiger partial charge on any atom is 0.234 e. The van der Waals surface area contributed by atoms with Gasteiger partial charge in [0, 0.05) is 11.9 Å². The number of hydrogen-bond donors (Lipinski definition) is 1. The molecule has 0 saturated carbocycles. The van der Waals surface area contributed by atoms with Gasteiger partial charge in [-0.2, -0.15) is 0 Å². The molecule has 1 amide bonds. The number of anilines is 1. The molecule has 29 heavy (non-hydrogen) atoms. The highest BCUT2D eigenvalue weighted by Crippen LogP contribution is 2.24. The third-order valence-corrected chi connectivity index (χ3v) is 5.11. The van der Waals surface area contributed by atoms with Gasteiger partial charge < -0.3 is 9.73 Å².